The summed E-state index contributed by atoms with van der Waals surface area (Å²) in [7, 11) is 1.68. The number of aromatic nitrogens is 2. The monoisotopic (exact) mass is 339 g/mol. The molecular formula is C20H25N3O2. The average molecular weight is 339 g/mol. The Hall–Kier alpha value is -2.30. The van der Waals surface area contributed by atoms with Crippen molar-refractivity contribution in [3.05, 3.63) is 41.9 Å². The van der Waals surface area contributed by atoms with E-state index in [-0.39, 0.29) is 6.10 Å². The van der Waals surface area contributed by atoms with Crippen molar-refractivity contribution in [2.24, 2.45) is 0 Å². The molecule has 0 spiro atoms. The van der Waals surface area contributed by atoms with E-state index < -0.39 is 0 Å². The summed E-state index contributed by atoms with van der Waals surface area (Å²) in [4.78, 5) is 11.5. The van der Waals surface area contributed by atoms with Crippen molar-refractivity contribution in [1.29, 1.82) is 0 Å². The Morgan fingerprint density at radius 2 is 1.68 bits per heavy atom. The molecule has 0 atom stereocenters. The Kier molecular flexibility index (Phi) is 4.72. The zero-order chi connectivity index (χ0) is 17.1. The largest absolute Gasteiger partial charge is 0.497 e. The molecular weight excluding hydrogens is 314 g/mol. The maximum absolute atomic E-state index is 6.14. The van der Waals surface area contributed by atoms with Gasteiger partial charge in [0.25, 0.3) is 0 Å². The number of hydrogen-bond donors (Lipinski definition) is 0. The smallest absolute Gasteiger partial charge is 0.135 e. The summed E-state index contributed by atoms with van der Waals surface area (Å²) in [6, 6.07) is 7.84. The van der Waals surface area contributed by atoms with Gasteiger partial charge in [-0.25, -0.2) is 9.97 Å². The highest BCUT2D eigenvalue weighted by atomic mass is 16.5. The van der Waals surface area contributed by atoms with Crippen molar-refractivity contribution >= 4 is 5.82 Å². The number of fused-ring (bicyclic) bond motifs is 1. The van der Waals surface area contributed by atoms with E-state index in [0.29, 0.717) is 0 Å². The third kappa shape index (κ3) is 3.55. The average Bonchev–Trinajstić information content (AvgIpc) is 2.69. The fourth-order valence-corrected chi connectivity index (χ4v) is 3.81. The van der Waals surface area contributed by atoms with Gasteiger partial charge in [0.15, 0.2) is 0 Å². The van der Waals surface area contributed by atoms with E-state index in [1.165, 1.54) is 24.1 Å². The lowest BCUT2D eigenvalue weighted by Crippen LogP contribution is -2.39. The second-order valence-electron chi connectivity index (χ2n) is 6.81. The number of piperidine rings is 1. The van der Waals surface area contributed by atoms with Crippen molar-refractivity contribution in [2.75, 3.05) is 25.1 Å². The molecule has 2 aliphatic rings. The zero-order valence-corrected chi connectivity index (χ0v) is 14.8. The van der Waals surface area contributed by atoms with Crippen LogP contribution >= 0.6 is 0 Å². The molecule has 1 fully saturated rings. The van der Waals surface area contributed by atoms with Crippen LogP contribution in [0.2, 0.25) is 0 Å². The van der Waals surface area contributed by atoms with Crippen molar-refractivity contribution in [3.63, 3.8) is 0 Å². The van der Waals surface area contributed by atoms with Crippen LogP contribution in [0.4, 0.5) is 5.82 Å². The van der Waals surface area contributed by atoms with Crippen LogP contribution in [0.3, 0.4) is 0 Å². The summed E-state index contributed by atoms with van der Waals surface area (Å²) in [6.07, 6.45) is 8.76. The van der Waals surface area contributed by atoms with E-state index in [0.717, 1.165) is 56.1 Å². The number of hydrogen-bond acceptors (Lipinski definition) is 5. The molecule has 5 heteroatoms. The highest BCUT2D eigenvalue weighted by Gasteiger charge is 2.25. The SMILES string of the molecule is COc1ccc(OC2CCN(c3ncnc4c3CCCC4)CC2)cc1. The van der Waals surface area contributed by atoms with Gasteiger partial charge in [-0.3, -0.25) is 0 Å². The van der Waals surface area contributed by atoms with E-state index in [1.54, 1.807) is 13.4 Å². The maximum atomic E-state index is 6.14. The number of aryl methyl sites for hydroxylation is 1. The molecule has 1 aromatic carbocycles. The van der Waals surface area contributed by atoms with E-state index in [4.69, 9.17) is 9.47 Å². The molecule has 5 nitrogen and oxygen atoms in total. The summed E-state index contributed by atoms with van der Waals surface area (Å²) >= 11 is 0. The molecule has 2 heterocycles. The first-order valence-electron chi connectivity index (χ1n) is 9.22. The number of rotatable bonds is 4. The molecule has 0 saturated carbocycles. The third-order valence-electron chi connectivity index (χ3n) is 5.21. The highest BCUT2D eigenvalue weighted by Crippen LogP contribution is 2.29. The minimum Gasteiger partial charge on any atom is -0.497 e. The normalized spacial score (nSPS) is 17.9. The topological polar surface area (TPSA) is 47.5 Å². The first-order chi connectivity index (χ1) is 12.3. The van der Waals surface area contributed by atoms with Crippen LogP contribution in [-0.4, -0.2) is 36.3 Å². The molecule has 4 rings (SSSR count). The van der Waals surface area contributed by atoms with Crippen molar-refractivity contribution in [2.45, 2.75) is 44.6 Å². The first-order valence-corrected chi connectivity index (χ1v) is 9.22. The van der Waals surface area contributed by atoms with E-state index in [9.17, 15) is 0 Å². The van der Waals surface area contributed by atoms with Gasteiger partial charge in [-0.1, -0.05) is 0 Å². The lowest BCUT2D eigenvalue weighted by molar-refractivity contribution is 0.170. The fraction of sp³-hybridized carbons (Fsp3) is 0.500. The van der Waals surface area contributed by atoms with Gasteiger partial charge in [0, 0.05) is 37.2 Å². The van der Waals surface area contributed by atoms with Gasteiger partial charge in [-0.2, -0.15) is 0 Å². The standard InChI is InChI=1S/C20H25N3O2/c1-24-15-6-8-16(9-7-15)25-17-10-12-23(13-11-17)20-18-4-2-3-5-19(18)21-14-22-20/h6-9,14,17H,2-5,10-13H2,1H3. The lowest BCUT2D eigenvalue weighted by Gasteiger charge is -2.34. The number of anilines is 1. The second kappa shape index (κ2) is 7.30. The number of ether oxygens (including phenoxy) is 2. The number of benzene rings is 1. The quantitative estimate of drug-likeness (QED) is 0.854. The van der Waals surface area contributed by atoms with E-state index in [2.05, 4.69) is 14.9 Å². The summed E-state index contributed by atoms with van der Waals surface area (Å²) < 4.78 is 11.3. The minimum atomic E-state index is 0.266. The number of methoxy groups -OCH3 is 1. The van der Waals surface area contributed by atoms with Crippen molar-refractivity contribution in [3.8, 4) is 11.5 Å². The molecule has 0 N–H and O–H groups in total. The Morgan fingerprint density at radius 3 is 2.44 bits per heavy atom. The van der Waals surface area contributed by atoms with Gasteiger partial charge in [0.2, 0.25) is 0 Å². The van der Waals surface area contributed by atoms with Crippen LogP contribution in [0.1, 0.15) is 36.9 Å². The van der Waals surface area contributed by atoms with Gasteiger partial charge in [-0.05, 0) is 49.9 Å². The predicted molar refractivity (Wildman–Crippen MR) is 97.5 cm³/mol. The van der Waals surface area contributed by atoms with Crippen molar-refractivity contribution in [1.82, 2.24) is 9.97 Å². The summed E-state index contributed by atoms with van der Waals surface area (Å²) in [5, 5.41) is 0. The zero-order valence-electron chi connectivity index (χ0n) is 14.8. The molecule has 1 aromatic heterocycles. The molecule has 1 aliphatic carbocycles. The van der Waals surface area contributed by atoms with Gasteiger partial charge < -0.3 is 14.4 Å². The van der Waals surface area contributed by atoms with E-state index >= 15 is 0 Å². The van der Waals surface area contributed by atoms with Crippen LogP contribution in [0.15, 0.2) is 30.6 Å². The summed E-state index contributed by atoms with van der Waals surface area (Å²) in [5.74, 6) is 2.93. The number of nitrogens with zero attached hydrogens (tertiary/aromatic N) is 3. The molecule has 0 radical (unpaired) electrons. The van der Waals surface area contributed by atoms with Gasteiger partial charge in [0.1, 0.15) is 29.7 Å². The maximum Gasteiger partial charge on any atom is 0.135 e. The van der Waals surface area contributed by atoms with Gasteiger partial charge >= 0.3 is 0 Å². The van der Waals surface area contributed by atoms with Crippen LogP contribution in [-0.2, 0) is 12.8 Å². The molecule has 0 amide bonds. The first kappa shape index (κ1) is 16.2. The Labute approximate surface area is 149 Å². The Bertz CT molecular complexity index is 709. The highest BCUT2D eigenvalue weighted by molar-refractivity contribution is 5.50. The van der Waals surface area contributed by atoms with E-state index in [1.807, 2.05) is 24.3 Å². The molecule has 0 bridgehead atoms. The molecule has 2 aromatic rings. The summed E-state index contributed by atoms with van der Waals surface area (Å²) in [5.41, 5.74) is 2.64. The van der Waals surface area contributed by atoms with Crippen LogP contribution in [0.5, 0.6) is 11.5 Å². The van der Waals surface area contributed by atoms with Crippen molar-refractivity contribution < 1.29 is 9.47 Å². The Morgan fingerprint density at radius 1 is 0.960 bits per heavy atom. The second-order valence-corrected chi connectivity index (χ2v) is 6.81. The minimum absolute atomic E-state index is 0.266. The van der Waals surface area contributed by atoms with Crippen LogP contribution in [0.25, 0.3) is 0 Å². The van der Waals surface area contributed by atoms with Crippen LogP contribution < -0.4 is 14.4 Å². The summed E-state index contributed by atoms with van der Waals surface area (Å²) in [6.45, 7) is 1.98. The fourth-order valence-electron chi connectivity index (χ4n) is 3.81. The lowest BCUT2D eigenvalue weighted by atomic mass is 9.95. The molecule has 1 aliphatic heterocycles. The van der Waals surface area contributed by atoms with Gasteiger partial charge in [0.05, 0.1) is 7.11 Å². The van der Waals surface area contributed by atoms with Gasteiger partial charge in [-0.15, -0.1) is 0 Å². The predicted octanol–water partition coefficient (Wildman–Crippen LogP) is 3.41. The van der Waals surface area contributed by atoms with Crippen LogP contribution in [0, 0.1) is 0 Å². The molecule has 132 valence electrons. The third-order valence-corrected chi connectivity index (χ3v) is 5.21. The Balaban J connectivity index is 1.38. The molecule has 25 heavy (non-hydrogen) atoms. The molecule has 0 unspecified atom stereocenters. The molecule has 1 saturated heterocycles.